The quantitative estimate of drug-likeness (QED) is 0.499. The van der Waals surface area contributed by atoms with E-state index in [4.69, 9.17) is 14.8 Å². The van der Waals surface area contributed by atoms with E-state index in [9.17, 15) is 9.18 Å². The van der Waals surface area contributed by atoms with E-state index in [0.29, 0.717) is 6.29 Å². The summed E-state index contributed by atoms with van der Waals surface area (Å²) in [5.74, 6) is -0.774. The Morgan fingerprint density at radius 1 is 1.50 bits per heavy atom. The smallest absolute Gasteiger partial charge is 0.491 e. The van der Waals surface area contributed by atoms with Gasteiger partial charge in [-0.2, -0.15) is 0 Å². The SMILES string of the molecule is COc1cc(F)c(B(O)O)cc1C=O. The van der Waals surface area contributed by atoms with Crippen molar-refractivity contribution in [2.75, 3.05) is 7.11 Å². The standard InChI is InChI=1S/C8H8BFO4/c1-14-8-3-7(10)6(9(12)13)2-5(8)4-11/h2-4,12-13H,1H3. The largest absolute Gasteiger partial charge is 0.496 e. The van der Waals surface area contributed by atoms with Gasteiger partial charge in [0.05, 0.1) is 12.7 Å². The zero-order chi connectivity index (χ0) is 10.7. The van der Waals surface area contributed by atoms with Crippen molar-refractivity contribution in [1.29, 1.82) is 0 Å². The molecule has 0 radical (unpaired) electrons. The Bertz CT molecular complexity index is 353. The molecule has 0 amide bonds. The summed E-state index contributed by atoms with van der Waals surface area (Å²) in [7, 11) is -0.656. The minimum Gasteiger partial charge on any atom is -0.496 e. The van der Waals surface area contributed by atoms with Gasteiger partial charge in [0.2, 0.25) is 0 Å². The van der Waals surface area contributed by atoms with Crippen LogP contribution < -0.4 is 10.2 Å². The molecule has 0 unspecified atom stereocenters. The molecule has 1 aromatic rings. The van der Waals surface area contributed by atoms with Gasteiger partial charge in [0.15, 0.2) is 6.29 Å². The van der Waals surface area contributed by atoms with Crippen LogP contribution in [0.3, 0.4) is 0 Å². The van der Waals surface area contributed by atoms with Crippen molar-refractivity contribution in [2.45, 2.75) is 0 Å². The molecule has 1 aromatic carbocycles. The maximum atomic E-state index is 13.1. The predicted molar refractivity (Wildman–Crippen MR) is 48.2 cm³/mol. The van der Waals surface area contributed by atoms with Gasteiger partial charge in [0.25, 0.3) is 0 Å². The Hall–Kier alpha value is -1.40. The molecule has 14 heavy (non-hydrogen) atoms. The molecule has 0 aliphatic carbocycles. The Morgan fingerprint density at radius 2 is 2.14 bits per heavy atom. The zero-order valence-electron chi connectivity index (χ0n) is 7.40. The maximum Gasteiger partial charge on any atom is 0.491 e. The van der Waals surface area contributed by atoms with Crippen LogP contribution in [0, 0.1) is 5.82 Å². The predicted octanol–water partition coefficient (Wildman–Crippen LogP) is -0.673. The molecule has 0 saturated heterocycles. The second kappa shape index (κ2) is 4.21. The van der Waals surface area contributed by atoms with Crippen LogP contribution in [-0.2, 0) is 0 Å². The van der Waals surface area contributed by atoms with Crippen molar-refractivity contribution >= 4 is 18.9 Å². The second-order valence-electron chi connectivity index (χ2n) is 2.61. The Morgan fingerprint density at radius 3 is 2.57 bits per heavy atom. The number of carbonyl (C=O) groups excluding carboxylic acids is 1. The van der Waals surface area contributed by atoms with E-state index in [1.807, 2.05) is 0 Å². The number of rotatable bonds is 3. The summed E-state index contributed by atoms with van der Waals surface area (Å²) < 4.78 is 17.8. The van der Waals surface area contributed by atoms with Crippen LogP contribution in [0.4, 0.5) is 4.39 Å². The van der Waals surface area contributed by atoms with E-state index >= 15 is 0 Å². The van der Waals surface area contributed by atoms with Crippen molar-refractivity contribution < 1.29 is 24.0 Å². The molecular weight excluding hydrogens is 190 g/mol. The van der Waals surface area contributed by atoms with Crippen molar-refractivity contribution in [3.05, 3.63) is 23.5 Å². The zero-order valence-corrected chi connectivity index (χ0v) is 7.40. The number of ether oxygens (including phenoxy) is 1. The fourth-order valence-corrected chi connectivity index (χ4v) is 1.06. The summed E-state index contributed by atoms with van der Waals surface area (Å²) in [6, 6.07) is 1.96. The third-order valence-corrected chi connectivity index (χ3v) is 1.75. The number of methoxy groups -OCH3 is 1. The summed E-state index contributed by atoms with van der Waals surface area (Å²) in [5.41, 5.74) is -0.287. The van der Waals surface area contributed by atoms with E-state index in [0.717, 1.165) is 12.1 Å². The molecule has 6 heteroatoms. The molecule has 1 rings (SSSR count). The highest BCUT2D eigenvalue weighted by molar-refractivity contribution is 6.58. The number of halogens is 1. The highest BCUT2D eigenvalue weighted by atomic mass is 19.1. The van der Waals surface area contributed by atoms with Crippen LogP contribution in [-0.4, -0.2) is 30.6 Å². The monoisotopic (exact) mass is 198 g/mol. The van der Waals surface area contributed by atoms with Crippen molar-refractivity contribution in [3.8, 4) is 5.75 Å². The van der Waals surface area contributed by atoms with E-state index in [1.54, 1.807) is 0 Å². The third-order valence-electron chi connectivity index (χ3n) is 1.75. The highest BCUT2D eigenvalue weighted by Crippen LogP contribution is 2.16. The molecule has 0 aromatic heterocycles. The first-order valence-corrected chi connectivity index (χ1v) is 3.79. The third kappa shape index (κ3) is 1.91. The van der Waals surface area contributed by atoms with Gasteiger partial charge in [-0.15, -0.1) is 0 Å². The van der Waals surface area contributed by atoms with E-state index in [-0.39, 0.29) is 16.8 Å². The number of hydrogen-bond donors (Lipinski definition) is 2. The summed E-state index contributed by atoms with van der Waals surface area (Å²) in [6.45, 7) is 0. The van der Waals surface area contributed by atoms with Crippen molar-refractivity contribution in [3.63, 3.8) is 0 Å². The lowest BCUT2D eigenvalue weighted by molar-refractivity contribution is 0.112. The maximum absolute atomic E-state index is 13.1. The van der Waals surface area contributed by atoms with Crippen LogP contribution in [0.5, 0.6) is 5.75 Å². The van der Waals surface area contributed by atoms with Crippen LogP contribution in [0.15, 0.2) is 12.1 Å². The average Bonchev–Trinajstić information content (AvgIpc) is 2.16. The lowest BCUT2D eigenvalue weighted by Gasteiger charge is -2.07. The Kier molecular flexibility index (Phi) is 3.21. The van der Waals surface area contributed by atoms with Gasteiger partial charge in [0, 0.05) is 11.5 Å². The lowest BCUT2D eigenvalue weighted by Crippen LogP contribution is -2.33. The first kappa shape index (κ1) is 10.7. The molecular formula is C8H8BFO4. The topological polar surface area (TPSA) is 66.8 Å². The van der Waals surface area contributed by atoms with Gasteiger partial charge < -0.3 is 14.8 Å². The van der Waals surface area contributed by atoms with Crippen LogP contribution in [0.1, 0.15) is 10.4 Å². The van der Waals surface area contributed by atoms with Crippen LogP contribution in [0.25, 0.3) is 0 Å². The first-order chi connectivity index (χ1) is 6.60. The number of carbonyl (C=O) groups is 1. The lowest BCUT2D eigenvalue weighted by atomic mass is 9.79. The molecule has 0 aliphatic heterocycles. The molecule has 0 saturated carbocycles. The van der Waals surface area contributed by atoms with Gasteiger partial charge in [-0.05, 0) is 6.07 Å². The summed E-state index contributed by atoms with van der Waals surface area (Å²) in [5, 5.41) is 17.5. The Labute approximate surface area is 80.1 Å². The van der Waals surface area contributed by atoms with Gasteiger partial charge in [0.1, 0.15) is 11.6 Å². The molecule has 0 spiro atoms. The fraction of sp³-hybridized carbons (Fsp3) is 0.125. The summed E-state index contributed by atoms with van der Waals surface area (Å²) in [6.07, 6.45) is 0.449. The first-order valence-electron chi connectivity index (χ1n) is 3.79. The fourth-order valence-electron chi connectivity index (χ4n) is 1.06. The molecule has 0 bridgehead atoms. The van der Waals surface area contributed by atoms with Gasteiger partial charge in [-0.1, -0.05) is 0 Å². The van der Waals surface area contributed by atoms with E-state index in [1.165, 1.54) is 7.11 Å². The van der Waals surface area contributed by atoms with E-state index in [2.05, 4.69) is 0 Å². The Balaban J connectivity index is 3.30. The van der Waals surface area contributed by atoms with Gasteiger partial charge >= 0.3 is 7.12 Å². The van der Waals surface area contributed by atoms with Crippen molar-refractivity contribution in [2.24, 2.45) is 0 Å². The molecule has 2 N–H and O–H groups in total. The number of hydrogen-bond acceptors (Lipinski definition) is 4. The molecule has 0 aliphatic rings. The van der Waals surface area contributed by atoms with Crippen LogP contribution >= 0.6 is 0 Å². The summed E-state index contributed by atoms with van der Waals surface area (Å²) >= 11 is 0. The normalized spacial score (nSPS) is 9.71. The number of aldehydes is 1. The molecule has 0 heterocycles. The van der Waals surface area contributed by atoms with Gasteiger partial charge in [-0.25, -0.2) is 4.39 Å². The molecule has 74 valence electrons. The molecule has 0 atom stereocenters. The second-order valence-corrected chi connectivity index (χ2v) is 2.61. The molecule has 4 nitrogen and oxygen atoms in total. The minimum absolute atomic E-state index is 0.0573. The van der Waals surface area contributed by atoms with Crippen LogP contribution in [0.2, 0.25) is 0 Å². The molecule has 0 fully saturated rings. The van der Waals surface area contributed by atoms with E-state index < -0.39 is 12.9 Å². The highest BCUT2D eigenvalue weighted by Gasteiger charge is 2.19. The minimum atomic E-state index is -1.94. The van der Waals surface area contributed by atoms with Crippen molar-refractivity contribution in [1.82, 2.24) is 0 Å². The van der Waals surface area contributed by atoms with Gasteiger partial charge in [-0.3, -0.25) is 4.79 Å². The number of benzene rings is 1. The summed E-state index contributed by atoms with van der Waals surface area (Å²) in [4.78, 5) is 10.5. The average molecular weight is 198 g/mol.